The molecule has 10 heteroatoms. The van der Waals surface area contributed by atoms with Crippen LogP contribution >= 0.6 is 0 Å². The molecule has 0 aliphatic rings. The Morgan fingerprint density at radius 1 is 1.12 bits per heavy atom. The third-order valence-electron chi connectivity index (χ3n) is 3.71. The maximum absolute atomic E-state index is 12.1. The molecule has 150 valence electrons. The fourth-order valence-corrected chi connectivity index (χ4v) is 2.06. The van der Waals surface area contributed by atoms with Gasteiger partial charge in [0, 0.05) is 13.7 Å². The number of nitrogens with one attached hydrogen (secondary N) is 1. The molecule has 0 aromatic heterocycles. The van der Waals surface area contributed by atoms with Crippen LogP contribution in [0.5, 0.6) is 0 Å². The Balaban J connectivity index is 4.78. The predicted molar refractivity (Wildman–Crippen MR) is 87.9 cm³/mol. The van der Waals surface area contributed by atoms with Gasteiger partial charge in [-0.3, -0.25) is 19.2 Å². The van der Waals surface area contributed by atoms with Crippen LogP contribution in [0.2, 0.25) is 0 Å². The lowest BCUT2D eigenvalue weighted by atomic mass is 9.78. The minimum atomic E-state index is -1.25. The van der Waals surface area contributed by atoms with E-state index in [1.807, 2.05) is 0 Å². The van der Waals surface area contributed by atoms with Gasteiger partial charge < -0.3 is 24.5 Å². The Morgan fingerprint density at radius 3 is 2.23 bits per heavy atom. The summed E-state index contributed by atoms with van der Waals surface area (Å²) in [5.74, 6) is -6.02. The number of hydroxylamine groups is 1. The van der Waals surface area contributed by atoms with Gasteiger partial charge in [0.2, 0.25) is 0 Å². The second-order valence-electron chi connectivity index (χ2n) is 6.41. The van der Waals surface area contributed by atoms with Crippen molar-refractivity contribution in [2.75, 3.05) is 26.9 Å². The van der Waals surface area contributed by atoms with E-state index in [-0.39, 0.29) is 32.6 Å². The minimum Gasteiger partial charge on any atom is -0.481 e. The van der Waals surface area contributed by atoms with Crippen molar-refractivity contribution in [3.05, 3.63) is 0 Å². The van der Waals surface area contributed by atoms with Crippen molar-refractivity contribution in [1.29, 1.82) is 0 Å². The van der Waals surface area contributed by atoms with Crippen molar-refractivity contribution < 1.29 is 43.7 Å². The molecule has 26 heavy (non-hydrogen) atoms. The monoisotopic (exact) mass is 377 g/mol. The van der Waals surface area contributed by atoms with E-state index in [1.165, 1.54) is 27.9 Å². The highest BCUT2D eigenvalue weighted by Gasteiger charge is 2.40. The largest absolute Gasteiger partial charge is 0.481 e. The first-order chi connectivity index (χ1) is 12.0. The van der Waals surface area contributed by atoms with Crippen LogP contribution in [0.4, 0.5) is 0 Å². The van der Waals surface area contributed by atoms with Crippen molar-refractivity contribution in [3.63, 3.8) is 0 Å². The Hall–Kier alpha value is -2.20. The van der Waals surface area contributed by atoms with Gasteiger partial charge in [-0.2, -0.15) is 5.48 Å². The summed E-state index contributed by atoms with van der Waals surface area (Å²) >= 11 is 0. The number of hydrogen-bond acceptors (Lipinski definition) is 8. The SMILES string of the molecule is COCCOC(=O)C(C)(C)CC(C(=O)O)C(C)C(=O)ONCCC(=O)O. The number of methoxy groups -OCH3 is 1. The summed E-state index contributed by atoms with van der Waals surface area (Å²) in [5.41, 5.74) is 1.05. The predicted octanol–water partition coefficient (Wildman–Crippen LogP) is 0.452. The van der Waals surface area contributed by atoms with Crippen LogP contribution in [0.1, 0.15) is 33.6 Å². The maximum Gasteiger partial charge on any atom is 0.328 e. The fraction of sp³-hybridized carbons (Fsp3) is 0.750. The van der Waals surface area contributed by atoms with Crippen molar-refractivity contribution in [1.82, 2.24) is 5.48 Å². The molecule has 3 N–H and O–H groups in total. The van der Waals surface area contributed by atoms with E-state index in [2.05, 4.69) is 5.48 Å². The van der Waals surface area contributed by atoms with E-state index in [0.29, 0.717) is 0 Å². The molecule has 2 unspecified atom stereocenters. The van der Waals surface area contributed by atoms with Crippen molar-refractivity contribution in [3.8, 4) is 0 Å². The molecule has 0 radical (unpaired) electrons. The van der Waals surface area contributed by atoms with Crippen LogP contribution in [-0.4, -0.2) is 61.0 Å². The minimum absolute atomic E-state index is 0.0432. The first-order valence-corrected chi connectivity index (χ1v) is 8.07. The number of carbonyl (C=O) groups is 4. The number of hydrogen-bond donors (Lipinski definition) is 3. The molecule has 0 aliphatic heterocycles. The van der Waals surface area contributed by atoms with Crippen molar-refractivity contribution in [2.45, 2.75) is 33.6 Å². The van der Waals surface area contributed by atoms with Gasteiger partial charge in [-0.25, -0.2) is 0 Å². The molecule has 0 saturated heterocycles. The summed E-state index contributed by atoms with van der Waals surface area (Å²) in [7, 11) is 1.46. The lowest BCUT2D eigenvalue weighted by Crippen LogP contribution is -2.38. The second-order valence-corrected chi connectivity index (χ2v) is 6.41. The molecule has 2 atom stereocenters. The molecule has 0 rings (SSSR count). The molecule has 0 aliphatic carbocycles. The van der Waals surface area contributed by atoms with Gasteiger partial charge in [-0.1, -0.05) is 6.92 Å². The molecule has 0 spiro atoms. The second kappa shape index (κ2) is 11.4. The standard InChI is InChI=1S/C16H27NO9/c1-10(14(22)26-17-6-5-12(18)19)11(13(20)21)9-16(2,3)15(23)25-8-7-24-4/h10-11,17H,5-9H2,1-4H3,(H,18,19)(H,20,21). The Kier molecular flexibility index (Phi) is 10.5. The number of aliphatic carboxylic acids is 2. The average molecular weight is 377 g/mol. The van der Waals surface area contributed by atoms with Gasteiger partial charge in [0.25, 0.3) is 0 Å². The summed E-state index contributed by atoms with van der Waals surface area (Å²) in [6, 6.07) is 0. The van der Waals surface area contributed by atoms with Crippen LogP contribution in [0.15, 0.2) is 0 Å². The number of esters is 1. The van der Waals surface area contributed by atoms with Crippen LogP contribution < -0.4 is 5.48 Å². The zero-order valence-electron chi connectivity index (χ0n) is 15.4. The fourth-order valence-electron chi connectivity index (χ4n) is 2.06. The quantitative estimate of drug-likeness (QED) is 0.235. The summed E-state index contributed by atoms with van der Waals surface area (Å²) in [6.07, 6.45) is -0.399. The van der Waals surface area contributed by atoms with Crippen LogP contribution in [0.3, 0.4) is 0 Å². The molecule has 0 fully saturated rings. The van der Waals surface area contributed by atoms with Crippen LogP contribution in [0.25, 0.3) is 0 Å². The van der Waals surface area contributed by atoms with E-state index >= 15 is 0 Å². The van der Waals surface area contributed by atoms with Gasteiger partial charge in [-0.05, 0) is 20.3 Å². The molecule has 0 heterocycles. The summed E-state index contributed by atoms with van der Waals surface area (Å²) in [4.78, 5) is 50.7. The van der Waals surface area contributed by atoms with E-state index in [0.717, 1.165) is 0 Å². The van der Waals surface area contributed by atoms with Crippen LogP contribution in [0, 0.1) is 17.3 Å². The molecular formula is C16H27NO9. The normalized spacial score (nSPS) is 13.5. The molecule has 0 bridgehead atoms. The third-order valence-corrected chi connectivity index (χ3v) is 3.71. The highest BCUT2D eigenvalue weighted by molar-refractivity contribution is 5.82. The number of ether oxygens (including phenoxy) is 2. The zero-order chi connectivity index (χ0) is 20.3. The van der Waals surface area contributed by atoms with Crippen LogP contribution in [-0.2, 0) is 33.5 Å². The van der Waals surface area contributed by atoms with Gasteiger partial charge in [-0.15, -0.1) is 0 Å². The number of rotatable bonds is 13. The molecule has 0 amide bonds. The Morgan fingerprint density at radius 2 is 1.73 bits per heavy atom. The van der Waals surface area contributed by atoms with Crippen molar-refractivity contribution in [2.24, 2.45) is 17.3 Å². The smallest absolute Gasteiger partial charge is 0.328 e. The van der Waals surface area contributed by atoms with E-state index < -0.39 is 41.1 Å². The highest BCUT2D eigenvalue weighted by Crippen LogP contribution is 2.31. The summed E-state index contributed by atoms with van der Waals surface area (Å²) in [6.45, 7) is 4.58. The zero-order valence-corrected chi connectivity index (χ0v) is 15.4. The Labute approximate surface area is 151 Å². The molecule has 0 aromatic carbocycles. The Bertz CT molecular complexity index is 504. The van der Waals surface area contributed by atoms with Gasteiger partial charge in [0.1, 0.15) is 6.61 Å². The summed E-state index contributed by atoms with van der Waals surface area (Å²) < 4.78 is 9.81. The number of carboxylic acid groups (broad SMARTS) is 2. The maximum atomic E-state index is 12.1. The summed E-state index contributed by atoms with van der Waals surface area (Å²) in [5, 5.41) is 17.9. The van der Waals surface area contributed by atoms with E-state index in [4.69, 9.17) is 19.4 Å². The lowest BCUT2D eigenvalue weighted by Gasteiger charge is -2.28. The van der Waals surface area contributed by atoms with Gasteiger partial charge in [0.15, 0.2) is 0 Å². The third kappa shape index (κ3) is 8.77. The van der Waals surface area contributed by atoms with Gasteiger partial charge in [0.05, 0.1) is 30.3 Å². The van der Waals surface area contributed by atoms with Crippen molar-refractivity contribution >= 4 is 23.9 Å². The highest BCUT2D eigenvalue weighted by atomic mass is 16.7. The molecule has 0 saturated carbocycles. The molecule has 10 nitrogen and oxygen atoms in total. The van der Waals surface area contributed by atoms with E-state index in [1.54, 1.807) is 0 Å². The van der Waals surface area contributed by atoms with E-state index in [9.17, 15) is 24.3 Å². The first-order valence-electron chi connectivity index (χ1n) is 8.07. The average Bonchev–Trinajstić information content (AvgIpc) is 2.55. The number of carboxylic acids is 2. The number of carbonyl (C=O) groups excluding carboxylic acids is 2. The molecular weight excluding hydrogens is 350 g/mol. The molecule has 0 aromatic rings. The lowest BCUT2D eigenvalue weighted by molar-refractivity contribution is -0.166. The topological polar surface area (TPSA) is 148 Å². The van der Waals surface area contributed by atoms with Gasteiger partial charge >= 0.3 is 23.9 Å². The first kappa shape index (κ1) is 23.8.